The van der Waals surface area contributed by atoms with Crippen molar-refractivity contribution in [2.75, 3.05) is 33.5 Å². The van der Waals surface area contributed by atoms with Crippen LogP contribution in [-0.2, 0) is 71.7 Å². The van der Waals surface area contributed by atoms with Gasteiger partial charge in [-0.1, -0.05) is 338 Å². The standard InChI is InChI=1S/C115H164N2O16/c1-10-14-18-22-26-30-34-38-42-46-76-122-100-65-52-93(53-66-100)84-127-106-74-61-98(82-109(106)130-86-95-56-69-102(70-57-95)124-78-48-44-40-36-32-28-24-20-16-12-3)89-129-108-73-60-97(88-126-104-63-50-92(51-64-104)80-105(117-114(120)133-115(6,7)8)112(118)116-91(5)113(119)121-9)81-111(108)132-90-99-62-75-107(128-85-94-54-67-101(68-55-94)123-77-47-43-39-35-31-27-23-19-15-11-2)110(83-99)131-87-96-58-71-103(72-59-96)125-79-49-45-41-37-33-29-25-21-17-13-4/h50-75,81-83,91,105H,10-49,76-80,84-90H2,1-9H3,(H,116,118)(H,117,120)/t91-,105-/m0/s1. The summed E-state index contributed by atoms with van der Waals surface area (Å²) in [7, 11) is 1.25. The van der Waals surface area contributed by atoms with E-state index in [9.17, 15) is 14.4 Å². The zero-order valence-electron chi connectivity index (χ0n) is 82.7. The second-order valence-electron chi connectivity index (χ2n) is 36.9. The maximum Gasteiger partial charge on any atom is 0.408 e. The van der Waals surface area contributed by atoms with Crippen LogP contribution in [0.2, 0.25) is 0 Å². The third-order valence-corrected chi connectivity index (χ3v) is 23.8. The molecule has 730 valence electrons. The van der Waals surface area contributed by atoms with Crippen molar-refractivity contribution in [1.29, 1.82) is 0 Å². The molecule has 133 heavy (non-hydrogen) atoms. The van der Waals surface area contributed by atoms with Crippen molar-refractivity contribution in [2.24, 2.45) is 0 Å². The Morgan fingerprint density at radius 1 is 0.263 bits per heavy atom. The van der Waals surface area contributed by atoms with E-state index in [-0.39, 0.29) is 39.5 Å². The molecule has 2 atom stereocenters. The normalized spacial score (nSPS) is 11.7. The number of carbonyl (C=O) groups is 3. The molecule has 0 radical (unpaired) electrons. The van der Waals surface area contributed by atoms with Crippen molar-refractivity contribution < 1.29 is 76.0 Å². The van der Waals surface area contributed by atoms with Crippen LogP contribution in [0.4, 0.5) is 4.79 Å². The maximum atomic E-state index is 13.7. The predicted octanol–water partition coefficient (Wildman–Crippen LogP) is 30.1. The first-order chi connectivity index (χ1) is 65.0. The fourth-order valence-corrected chi connectivity index (χ4v) is 15.8. The molecule has 0 fully saturated rings. The van der Waals surface area contributed by atoms with Gasteiger partial charge in [0.25, 0.3) is 0 Å². The lowest BCUT2D eigenvalue weighted by Crippen LogP contribution is -2.52. The fourth-order valence-electron chi connectivity index (χ4n) is 15.8. The minimum absolute atomic E-state index is 0.0829. The molecule has 2 N–H and O–H groups in total. The van der Waals surface area contributed by atoms with E-state index in [2.05, 4.69) is 86.9 Å². The highest BCUT2D eigenvalue weighted by molar-refractivity contribution is 5.89. The smallest absolute Gasteiger partial charge is 0.408 e. The molecule has 8 aromatic carbocycles. The monoisotopic (exact) mass is 1830 g/mol. The van der Waals surface area contributed by atoms with Gasteiger partial charge in [-0.25, -0.2) is 9.59 Å². The summed E-state index contributed by atoms with van der Waals surface area (Å²) in [5, 5.41) is 5.34. The van der Waals surface area contributed by atoms with Gasteiger partial charge in [-0.05, 0) is 195 Å². The molecule has 0 unspecified atom stereocenters. The number of alkyl carbamates (subject to hydrolysis) is 1. The third kappa shape index (κ3) is 47.0. The molecule has 8 aromatic rings. The van der Waals surface area contributed by atoms with Crippen molar-refractivity contribution in [3.63, 3.8) is 0 Å². The minimum atomic E-state index is -1.09. The van der Waals surface area contributed by atoms with E-state index in [4.69, 9.17) is 61.6 Å². The average molecular weight is 1830 g/mol. The average Bonchev–Trinajstić information content (AvgIpc) is 0.836. The molecule has 2 amide bonds. The quantitative estimate of drug-likeness (QED) is 0.0270. The molecule has 0 aliphatic carbocycles. The SMILES string of the molecule is CCCCCCCCCCCCOc1ccc(COc2ccc(COc3ccc(COc4ccc(C[C@H](NC(=O)OC(C)(C)C)C(=O)N[C@@H](C)C(=O)OC)cc4)cc3OCc3ccc(OCc4ccc(OCCCCCCCCCCCC)cc4)c(OCc4ccc(OCCCCCCCCCCCC)cc4)c3)cc2OCc2ccc(OCCCCCCCCCCCC)cc2)cc1. The molecule has 0 aromatic heterocycles. The topological polar surface area (TPSA) is 195 Å². The van der Waals surface area contributed by atoms with Crippen molar-refractivity contribution >= 4 is 18.0 Å². The van der Waals surface area contributed by atoms with Crippen LogP contribution in [-0.4, -0.2) is 69.2 Å². The van der Waals surface area contributed by atoms with Crippen molar-refractivity contribution in [3.05, 3.63) is 220 Å². The van der Waals surface area contributed by atoms with E-state index in [1.165, 1.54) is 245 Å². The van der Waals surface area contributed by atoms with Gasteiger partial charge in [0.15, 0.2) is 34.5 Å². The highest BCUT2D eigenvalue weighted by atomic mass is 16.6. The van der Waals surface area contributed by atoms with E-state index < -0.39 is 35.7 Å². The third-order valence-electron chi connectivity index (χ3n) is 23.8. The molecule has 0 heterocycles. The number of ether oxygens (including phenoxy) is 13. The van der Waals surface area contributed by atoms with Crippen LogP contribution < -0.4 is 62.7 Å². The summed E-state index contributed by atoms with van der Waals surface area (Å²) < 4.78 is 82.2. The van der Waals surface area contributed by atoms with Gasteiger partial charge in [-0.15, -0.1) is 0 Å². The van der Waals surface area contributed by atoms with Gasteiger partial charge in [0.1, 0.15) is 92.7 Å². The predicted molar refractivity (Wildman–Crippen MR) is 538 cm³/mol. The van der Waals surface area contributed by atoms with Crippen LogP contribution in [0.25, 0.3) is 0 Å². The highest BCUT2D eigenvalue weighted by Gasteiger charge is 2.28. The summed E-state index contributed by atoms with van der Waals surface area (Å²) >= 11 is 0. The van der Waals surface area contributed by atoms with Gasteiger partial charge < -0.3 is 72.2 Å². The molecule has 8 rings (SSSR count). The molecule has 0 aliphatic rings. The van der Waals surface area contributed by atoms with E-state index in [0.29, 0.717) is 85.5 Å². The number of hydrogen-bond donors (Lipinski definition) is 2. The van der Waals surface area contributed by atoms with Gasteiger partial charge in [0.05, 0.1) is 33.5 Å². The van der Waals surface area contributed by atoms with Crippen LogP contribution in [0.3, 0.4) is 0 Å². The lowest BCUT2D eigenvalue weighted by atomic mass is 10.0. The van der Waals surface area contributed by atoms with Crippen LogP contribution in [0.15, 0.2) is 176 Å². The van der Waals surface area contributed by atoms with Gasteiger partial charge in [-0.2, -0.15) is 0 Å². The number of unbranched alkanes of at least 4 members (excludes halogenated alkanes) is 36. The number of benzene rings is 8. The first-order valence-electron chi connectivity index (χ1n) is 51.2. The highest BCUT2D eigenvalue weighted by Crippen LogP contribution is 2.37. The van der Waals surface area contributed by atoms with Crippen molar-refractivity contribution in [1.82, 2.24) is 10.6 Å². The largest absolute Gasteiger partial charge is 0.494 e. The maximum absolute atomic E-state index is 13.7. The summed E-state index contributed by atoms with van der Waals surface area (Å²) in [6.07, 6.45) is 50.3. The number of rotatable bonds is 75. The second kappa shape index (κ2) is 66.2. The van der Waals surface area contributed by atoms with Gasteiger partial charge >= 0.3 is 12.1 Å². The Bertz CT molecular complexity index is 4400. The van der Waals surface area contributed by atoms with Gasteiger partial charge in [-0.3, -0.25) is 4.79 Å². The summed E-state index contributed by atoms with van der Waals surface area (Å²) in [4.78, 5) is 39.1. The Kier molecular flexibility index (Phi) is 53.8. The molecule has 0 saturated heterocycles. The lowest BCUT2D eigenvalue weighted by molar-refractivity contribution is -0.144. The summed E-state index contributed by atoms with van der Waals surface area (Å²) in [6, 6.07) is 55.5. The summed E-state index contributed by atoms with van der Waals surface area (Å²) in [5.74, 6) is 5.97. The van der Waals surface area contributed by atoms with Crippen molar-refractivity contribution in [2.45, 2.75) is 383 Å². The second-order valence-corrected chi connectivity index (χ2v) is 36.9. The molecular weight excluding hydrogens is 1670 g/mol. The molecule has 0 saturated carbocycles. The van der Waals surface area contributed by atoms with Crippen molar-refractivity contribution in [3.8, 4) is 63.2 Å². The van der Waals surface area contributed by atoms with E-state index >= 15 is 0 Å². The van der Waals surface area contributed by atoms with Gasteiger partial charge in [0, 0.05) is 6.42 Å². The number of hydrogen-bond acceptors (Lipinski definition) is 16. The first-order valence-corrected chi connectivity index (χ1v) is 51.2. The van der Waals surface area contributed by atoms with E-state index in [1.807, 2.05) is 115 Å². The molecule has 0 spiro atoms. The first kappa shape index (κ1) is 108. The Morgan fingerprint density at radius 2 is 0.489 bits per heavy atom. The Morgan fingerprint density at radius 3 is 0.752 bits per heavy atom. The summed E-state index contributed by atoms with van der Waals surface area (Å²) in [5.41, 5.74) is 6.29. The number of nitrogens with one attached hydrogen (secondary N) is 2. The zero-order valence-corrected chi connectivity index (χ0v) is 82.7. The van der Waals surface area contributed by atoms with Gasteiger partial charge in [0.2, 0.25) is 5.91 Å². The zero-order chi connectivity index (χ0) is 94.2. The Balaban J connectivity index is 1.00. The van der Waals surface area contributed by atoms with E-state index in [1.54, 1.807) is 32.9 Å². The van der Waals surface area contributed by atoms with Crippen LogP contribution in [0.5, 0.6) is 63.2 Å². The molecule has 18 heteroatoms. The molecular formula is C115H164N2O16. The number of methoxy groups -OCH3 is 1. The molecule has 0 aliphatic heterocycles. The fraction of sp³-hybridized carbons (Fsp3) is 0.557. The number of carbonyl (C=O) groups excluding carboxylic acids is 3. The van der Waals surface area contributed by atoms with Crippen LogP contribution in [0.1, 0.15) is 357 Å². The van der Waals surface area contributed by atoms with Crippen LogP contribution in [0, 0.1) is 0 Å². The Hall–Kier alpha value is -10.2. The minimum Gasteiger partial charge on any atom is -0.494 e. The number of esters is 1. The van der Waals surface area contributed by atoms with Crippen LogP contribution >= 0.6 is 0 Å². The molecule has 18 nitrogen and oxygen atoms in total. The lowest BCUT2D eigenvalue weighted by Gasteiger charge is -2.24. The Labute approximate surface area is 799 Å². The number of amides is 2. The van der Waals surface area contributed by atoms with E-state index in [0.717, 1.165) is 87.6 Å². The summed E-state index contributed by atoms with van der Waals surface area (Å²) in [6.45, 7) is 20.2. The molecule has 0 bridgehead atoms.